The molecule has 0 saturated carbocycles. The van der Waals surface area contributed by atoms with E-state index in [4.69, 9.17) is 21.4 Å². The molecule has 0 spiro atoms. The Morgan fingerprint density at radius 2 is 1.65 bits per heavy atom. The van der Waals surface area contributed by atoms with Gasteiger partial charge in [-0.3, -0.25) is 4.79 Å². The molecule has 0 bridgehead atoms. The molecular formula is C20H20ClNO4. The Balaban J connectivity index is 0.000000206. The number of hydrogen-bond donors (Lipinski definition) is 2. The summed E-state index contributed by atoms with van der Waals surface area (Å²) in [7, 11) is 0. The van der Waals surface area contributed by atoms with Crippen molar-refractivity contribution in [1.29, 1.82) is 0 Å². The first-order valence-electron chi connectivity index (χ1n) is 8.54. The molecule has 1 aliphatic carbocycles. The summed E-state index contributed by atoms with van der Waals surface area (Å²) in [5.41, 5.74) is 4.05. The van der Waals surface area contributed by atoms with E-state index in [2.05, 4.69) is 29.6 Å². The quantitative estimate of drug-likeness (QED) is 0.795. The van der Waals surface area contributed by atoms with Crippen LogP contribution in [0, 0.1) is 0 Å². The Hall–Kier alpha value is -2.37. The molecule has 2 aliphatic rings. The zero-order chi connectivity index (χ0) is 18.5. The minimum absolute atomic E-state index is 0.0834. The normalized spacial score (nSPS) is 17.7. The third-order valence-corrected chi connectivity index (χ3v) is 4.79. The van der Waals surface area contributed by atoms with Crippen LogP contribution >= 0.6 is 11.6 Å². The number of aliphatic carboxylic acids is 1. The highest BCUT2D eigenvalue weighted by Crippen LogP contribution is 2.44. The van der Waals surface area contributed by atoms with E-state index in [-0.39, 0.29) is 18.6 Å². The highest BCUT2D eigenvalue weighted by atomic mass is 35.5. The molecule has 1 fully saturated rings. The Kier molecular flexibility index (Phi) is 5.91. The van der Waals surface area contributed by atoms with E-state index in [1.165, 1.54) is 22.3 Å². The molecule has 2 N–H and O–H groups in total. The van der Waals surface area contributed by atoms with Crippen LogP contribution in [0.3, 0.4) is 0 Å². The molecule has 0 amide bonds. The third kappa shape index (κ3) is 4.06. The first-order valence-corrected chi connectivity index (χ1v) is 8.92. The fourth-order valence-electron chi connectivity index (χ4n) is 3.48. The van der Waals surface area contributed by atoms with E-state index in [1.807, 2.05) is 24.3 Å². The second-order valence-electron chi connectivity index (χ2n) is 6.26. The smallest absolute Gasteiger partial charge is 0.403 e. The van der Waals surface area contributed by atoms with E-state index in [0.717, 1.165) is 19.4 Å². The molecule has 4 rings (SSSR count). The van der Waals surface area contributed by atoms with Gasteiger partial charge in [-0.05, 0) is 41.6 Å². The van der Waals surface area contributed by atoms with Gasteiger partial charge in [-0.2, -0.15) is 0 Å². The van der Waals surface area contributed by atoms with E-state index in [9.17, 15) is 9.59 Å². The van der Waals surface area contributed by atoms with Crippen LogP contribution in [0.15, 0.2) is 48.5 Å². The average Bonchev–Trinajstić information content (AvgIpc) is 3.28. The van der Waals surface area contributed by atoms with Crippen LogP contribution in [-0.4, -0.2) is 35.7 Å². The second-order valence-corrected chi connectivity index (χ2v) is 6.57. The average molecular weight is 374 g/mol. The standard InChI is InChI=1S/C15H11ClO2.C5H9NO2/c16-15(17)18-9-14-12-7-3-1-5-10(12)11-6-2-4-8-13(11)14;7-5(8)4-2-1-3-6-4/h1-8,14H,9H2;4,6H,1-3H2,(H,7,8)/t;4-/m.0/s1. The molecule has 26 heavy (non-hydrogen) atoms. The fraction of sp³-hybridized carbons (Fsp3) is 0.300. The van der Waals surface area contributed by atoms with Crippen molar-refractivity contribution in [3.05, 3.63) is 59.7 Å². The minimum atomic E-state index is -0.753. The van der Waals surface area contributed by atoms with Crippen molar-refractivity contribution in [3.8, 4) is 11.1 Å². The number of ether oxygens (including phenoxy) is 1. The number of carboxylic acid groups (broad SMARTS) is 1. The van der Waals surface area contributed by atoms with Crippen molar-refractivity contribution in [1.82, 2.24) is 5.32 Å². The monoisotopic (exact) mass is 373 g/mol. The topological polar surface area (TPSA) is 75.6 Å². The first kappa shape index (κ1) is 18.4. The van der Waals surface area contributed by atoms with Crippen molar-refractivity contribution >= 4 is 23.0 Å². The summed E-state index contributed by atoms with van der Waals surface area (Å²) >= 11 is 5.25. The lowest BCUT2D eigenvalue weighted by molar-refractivity contribution is -0.139. The molecule has 5 nitrogen and oxygen atoms in total. The van der Waals surface area contributed by atoms with Crippen LogP contribution in [-0.2, 0) is 9.53 Å². The summed E-state index contributed by atoms with van der Waals surface area (Å²) in [6.07, 6.45) is 1.78. The molecule has 0 unspecified atom stereocenters. The van der Waals surface area contributed by atoms with Gasteiger partial charge in [0.05, 0.1) is 0 Å². The lowest BCUT2D eigenvalue weighted by Gasteiger charge is -2.12. The first-order chi connectivity index (χ1) is 12.6. The van der Waals surface area contributed by atoms with Crippen LogP contribution in [0.25, 0.3) is 11.1 Å². The van der Waals surface area contributed by atoms with Crippen LogP contribution in [0.1, 0.15) is 29.9 Å². The van der Waals surface area contributed by atoms with Crippen molar-refractivity contribution in [2.24, 2.45) is 0 Å². The van der Waals surface area contributed by atoms with Crippen molar-refractivity contribution < 1.29 is 19.4 Å². The second kappa shape index (κ2) is 8.34. The number of rotatable bonds is 3. The highest BCUT2D eigenvalue weighted by molar-refractivity contribution is 6.61. The number of fused-ring (bicyclic) bond motifs is 3. The molecule has 2 aromatic carbocycles. The zero-order valence-electron chi connectivity index (χ0n) is 14.2. The Morgan fingerprint density at radius 3 is 2.08 bits per heavy atom. The number of halogens is 1. The van der Waals surface area contributed by atoms with Gasteiger partial charge in [0.15, 0.2) is 0 Å². The lowest BCUT2D eigenvalue weighted by Crippen LogP contribution is -2.29. The molecule has 1 atom stereocenters. The fourth-order valence-corrected chi connectivity index (χ4v) is 3.55. The summed E-state index contributed by atoms with van der Waals surface area (Å²) in [5.74, 6) is -0.636. The van der Waals surface area contributed by atoms with Crippen LogP contribution in [0.4, 0.5) is 4.79 Å². The number of hydrogen-bond acceptors (Lipinski definition) is 4. The van der Waals surface area contributed by atoms with E-state index < -0.39 is 11.4 Å². The van der Waals surface area contributed by atoms with Gasteiger partial charge in [0.25, 0.3) is 0 Å². The number of benzene rings is 2. The minimum Gasteiger partial charge on any atom is -0.480 e. The molecule has 0 aromatic heterocycles. The largest absolute Gasteiger partial charge is 0.480 e. The van der Waals surface area contributed by atoms with E-state index in [0.29, 0.717) is 0 Å². The maximum atomic E-state index is 10.8. The summed E-state index contributed by atoms with van der Waals surface area (Å²) in [5, 5.41) is 11.2. The van der Waals surface area contributed by atoms with Crippen LogP contribution < -0.4 is 5.32 Å². The molecule has 1 heterocycles. The zero-order valence-corrected chi connectivity index (χ0v) is 14.9. The number of carbonyl (C=O) groups is 2. The van der Waals surface area contributed by atoms with Gasteiger partial charge in [-0.1, -0.05) is 48.5 Å². The van der Waals surface area contributed by atoms with Crippen molar-refractivity contribution in [2.75, 3.05) is 13.2 Å². The number of nitrogens with one attached hydrogen (secondary N) is 1. The molecule has 6 heteroatoms. The van der Waals surface area contributed by atoms with Gasteiger partial charge in [0.1, 0.15) is 12.6 Å². The van der Waals surface area contributed by atoms with E-state index in [1.54, 1.807) is 0 Å². The van der Waals surface area contributed by atoms with Gasteiger partial charge < -0.3 is 15.2 Å². The number of carboxylic acids is 1. The van der Waals surface area contributed by atoms with Gasteiger partial charge in [0, 0.05) is 17.5 Å². The molecule has 1 saturated heterocycles. The molecule has 2 aromatic rings. The van der Waals surface area contributed by atoms with Crippen LogP contribution in [0.5, 0.6) is 0 Å². The van der Waals surface area contributed by atoms with Gasteiger partial charge in [-0.25, -0.2) is 4.79 Å². The predicted molar refractivity (Wildman–Crippen MR) is 99.6 cm³/mol. The maximum absolute atomic E-state index is 10.8. The Labute approximate surface area is 156 Å². The van der Waals surface area contributed by atoms with Crippen LogP contribution in [0.2, 0.25) is 0 Å². The maximum Gasteiger partial charge on any atom is 0.403 e. The predicted octanol–water partition coefficient (Wildman–Crippen LogP) is 4.00. The van der Waals surface area contributed by atoms with Crippen molar-refractivity contribution in [3.63, 3.8) is 0 Å². The van der Waals surface area contributed by atoms with Crippen molar-refractivity contribution in [2.45, 2.75) is 24.8 Å². The Bertz CT molecular complexity index is 756. The SMILES string of the molecule is O=C(Cl)OCC1c2ccccc2-c2ccccc21.O=C(O)[C@@H]1CCCN1. The lowest BCUT2D eigenvalue weighted by atomic mass is 9.98. The number of carbonyl (C=O) groups excluding carboxylic acids is 1. The third-order valence-electron chi connectivity index (χ3n) is 4.68. The highest BCUT2D eigenvalue weighted by Gasteiger charge is 2.28. The summed E-state index contributed by atoms with van der Waals surface area (Å²) < 4.78 is 4.97. The summed E-state index contributed by atoms with van der Waals surface area (Å²) in [4.78, 5) is 20.9. The van der Waals surface area contributed by atoms with Gasteiger partial charge in [-0.15, -0.1) is 0 Å². The van der Waals surface area contributed by atoms with Gasteiger partial charge >= 0.3 is 11.4 Å². The van der Waals surface area contributed by atoms with Gasteiger partial charge in [0.2, 0.25) is 0 Å². The molecule has 1 aliphatic heterocycles. The summed E-state index contributed by atoms with van der Waals surface area (Å²) in [6.45, 7) is 1.15. The molecule has 0 radical (unpaired) electrons. The molecule has 136 valence electrons. The van der Waals surface area contributed by atoms with E-state index >= 15 is 0 Å². The Morgan fingerprint density at radius 1 is 1.08 bits per heavy atom. The molecular weight excluding hydrogens is 354 g/mol. The summed E-state index contributed by atoms with van der Waals surface area (Å²) in [6, 6.07) is 16.1.